The molecule has 314 valence electrons. The highest BCUT2D eigenvalue weighted by Gasteiger charge is 2.51. The Balaban J connectivity index is 1.17. The van der Waals surface area contributed by atoms with Gasteiger partial charge in [0.25, 0.3) is 8.32 Å². The van der Waals surface area contributed by atoms with E-state index < -0.39 is 56.3 Å². The van der Waals surface area contributed by atoms with Crippen molar-refractivity contribution in [2.45, 2.75) is 108 Å². The molecule has 0 radical (unpaired) electrons. The van der Waals surface area contributed by atoms with Gasteiger partial charge in [-0.05, 0) is 71.6 Å². The number of nitrogens with zero attached hydrogens (tertiary/aromatic N) is 1. The van der Waals surface area contributed by atoms with Crippen molar-refractivity contribution < 1.29 is 28.4 Å². The van der Waals surface area contributed by atoms with Gasteiger partial charge in [-0.1, -0.05) is 148 Å². The molecule has 2 aliphatic rings. The van der Waals surface area contributed by atoms with Crippen molar-refractivity contribution in [3.05, 3.63) is 145 Å². The van der Waals surface area contributed by atoms with Gasteiger partial charge in [0.15, 0.2) is 5.78 Å². The van der Waals surface area contributed by atoms with Gasteiger partial charge in [-0.25, -0.2) is 0 Å². The first-order valence-corrected chi connectivity index (χ1v) is 23.1. The molecule has 0 aromatic heterocycles. The van der Waals surface area contributed by atoms with Crippen LogP contribution >= 0.6 is 0 Å². The molecular formula is C49H58N4O6Si. The Morgan fingerprint density at radius 1 is 0.717 bits per heavy atom. The van der Waals surface area contributed by atoms with Crippen LogP contribution in [-0.2, 0) is 41.2 Å². The van der Waals surface area contributed by atoms with E-state index in [2.05, 4.69) is 61.0 Å². The molecule has 0 bridgehead atoms. The van der Waals surface area contributed by atoms with E-state index in [1.165, 1.54) is 0 Å². The molecule has 10 nitrogen and oxygen atoms in total. The van der Waals surface area contributed by atoms with E-state index in [0.717, 1.165) is 21.5 Å². The van der Waals surface area contributed by atoms with E-state index in [-0.39, 0.29) is 36.0 Å². The van der Waals surface area contributed by atoms with Gasteiger partial charge >= 0.3 is 0 Å². The minimum absolute atomic E-state index is 0.161. The Labute approximate surface area is 355 Å². The van der Waals surface area contributed by atoms with Crippen LogP contribution in [0.4, 0.5) is 0 Å². The number of hydrogen-bond donors (Lipinski definition) is 3. The normalized spacial score (nSPS) is 21.0. The highest BCUT2D eigenvalue weighted by Crippen LogP contribution is 2.37. The first-order valence-electron chi connectivity index (χ1n) is 21.2. The maximum atomic E-state index is 14.2. The zero-order chi connectivity index (χ0) is 42.7. The van der Waals surface area contributed by atoms with E-state index in [4.69, 9.17) is 4.43 Å². The lowest BCUT2D eigenvalue weighted by Crippen LogP contribution is -2.68. The van der Waals surface area contributed by atoms with E-state index in [1.807, 2.05) is 97.1 Å². The summed E-state index contributed by atoms with van der Waals surface area (Å²) < 4.78 is 7.00. The number of carbonyl (C=O) groups is 5. The van der Waals surface area contributed by atoms with E-state index >= 15 is 0 Å². The zero-order valence-corrected chi connectivity index (χ0v) is 36.1. The van der Waals surface area contributed by atoms with Crippen LogP contribution in [0.1, 0.15) is 70.9 Å². The molecule has 4 amide bonds. The molecule has 2 fully saturated rings. The molecule has 0 spiro atoms. The fraction of sp³-hybridized carbons (Fsp3) is 0.367. The number of unbranched alkanes of at least 4 members (excludes halogenated alkanes) is 1. The largest absolute Gasteiger partial charge is 0.397 e. The third-order valence-electron chi connectivity index (χ3n) is 11.6. The molecule has 11 heteroatoms. The van der Waals surface area contributed by atoms with Gasteiger partial charge in [0.1, 0.15) is 30.3 Å². The van der Waals surface area contributed by atoms with Gasteiger partial charge in [0.05, 0.1) is 0 Å². The summed E-state index contributed by atoms with van der Waals surface area (Å²) in [6, 6.07) is 35.5. The monoisotopic (exact) mass is 826 g/mol. The predicted molar refractivity (Wildman–Crippen MR) is 237 cm³/mol. The minimum atomic E-state index is -2.95. The Bertz CT molecular complexity index is 2070. The van der Waals surface area contributed by atoms with Crippen molar-refractivity contribution in [3.63, 3.8) is 0 Å². The SMILES string of the molecule is C[C@H](O[Si](c1ccccc1)(c1ccccc1)C(C)(C)C)C(=O)/C=C/CCC[C@@H]1NC(=O)[C@H]2CCCN2C(=O)[C@H](Cc2ccccc2)NC(=O)[C@@H](Cc2ccccc2)NC1=O. The summed E-state index contributed by atoms with van der Waals surface area (Å²) in [4.78, 5) is 71.5. The summed E-state index contributed by atoms with van der Waals surface area (Å²) in [6.45, 7) is 8.69. The Morgan fingerprint density at radius 2 is 1.20 bits per heavy atom. The lowest BCUT2D eigenvalue weighted by molar-refractivity contribution is -0.143. The number of carbonyl (C=O) groups excluding carboxylic acids is 5. The van der Waals surface area contributed by atoms with Crippen molar-refractivity contribution in [3.8, 4) is 0 Å². The van der Waals surface area contributed by atoms with Crippen LogP contribution in [0.3, 0.4) is 0 Å². The molecule has 3 N–H and O–H groups in total. The summed E-state index contributed by atoms with van der Waals surface area (Å²) in [5.74, 6) is -1.84. The predicted octanol–water partition coefficient (Wildman–Crippen LogP) is 5.19. The van der Waals surface area contributed by atoms with Gasteiger partial charge < -0.3 is 25.3 Å². The summed E-state index contributed by atoms with van der Waals surface area (Å²) in [6.07, 6.45) is 5.31. The minimum Gasteiger partial charge on any atom is -0.397 e. The van der Waals surface area contributed by atoms with Crippen LogP contribution in [0.25, 0.3) is 0 Å². The molecular weight excluding hydrogens is 769 g/mol. The Morgan fingerprint density at radius 3 is 1.75 bits per heavy atom. The standard InChI is InChI=1S/C49H58N4O6Si/c1-35(59-60(49(2,3)4,38-25-14-7-15-26-38)39-27-16-8-17-28-39)44(54)31-19-9-18-29-40-45(55)51-41(33-36-21-10-5-11-22-36)46(56)52-42(34-37-23-12-6-13-24-37)48(58)53-32-20-30-43(53)47(57)50-40/h5-8,10-17,19,21-28,31,35,40-43H,9,18,20,29-30,32-34H2,1-4H3,(H,50,57)(H,51,55)(H,52,56)/b31-19+/t35-,40-,41+,42-,43+/m0/s1. The topological polar surface area (TPSA) is 134 Å². The van der Waals surface area contributed by atoms with Crippen LogP contribution < -0.4 is 26.3 Å². The average Bonchev–Trinajstić information content (AvgIpc) is 3.75. The molecule has 5 atom stereocenters. The summed E-state index contributed by atoms with van der Waals surface area (Å²) >= 11 is 0. The fourth-order valence-electron chi connectivity index (χ4n) is 8.48. The highest BCUT2D eigenvalue weighted by atomic mass is 28.4. The third kappa shape index (κ3) is 10.6. The van der Waals surface area contributed by atoms with Crippen molar-refractivity contribution in [2.75, 3.05) is 6.54 Å². The molecule has 0 aliphatic carbocycles. The molecule has 6 rings (SSSR count). The smallest absolute Gasteiger partial charge is 0.262 e. The first kappa shape index (κ1) is 43.9. The second-order valence-corrected chi connectivity index (χ2v) is 21.2. The maximum Gasteiger partial charge on any atom is 0.262 e. The number of benzene rings is 4. The molecule has 0 saturated carbocycles. The number of fused-ring (bicyclic) bond motifs is 1. The molecule has 2 aliphatic heterocycles. The molecule has 0 unspecified atom stereocenters. The van der Waals surface area contributed by atoms with Crippen LogP contribution in [0.5, 0.6) is 0 Å². The molecule has 2 saturated heterocycles. The Kier molecular flexibility index (Phi) is 14.7. The summed E-state index contributed by atoms with van der Waals surface area (Å²) in [5.41, 5.74) is 1.70. The number of rotatable bonds is 14. The van der Waals surface area contributed by atoms with E-state index in [0.29, 0.717) is 32.2 Å². The zero-order valence-electron chi connectivity index (χ0n) is 35.1. The first-order chi connectivity index (χ1) is 28.9. The van der Waals surface area contributed by atoms with Gasteiger partial charge in [-0.2, -0.15) is 0 Å². The van der Waals surface area contributed by atoms with Gasteiger partial charge in [0, 0.05) is 19.4 Å². The second kappa shape index (κ2) is 20.1. The van der Waals surface area contributed by atoms with Gasteiger partial charge in [-0.3, -0.25) is 24.0 Å². The quantitative estimate of drug-likeness (QED) is 0.0911. The van der Waals surface area contributed by atoms with Crippen molar-refractivity contribution >= 4 is 48.1 Å². The van der Waals surface area contributed by atoms with E-state index in [9.17, 15) is 24.0 Å². The van der Waals surface area contributed by atoms with Crippen molar-refractivity contribution in [1.82, 2.24) is 20.9 Å². The average molecular weight is 827 g/mol. The Hall–Kier alpha value is -5.65. The second-order valence-electron chi connectivity index (χ2n) is 16.9. The number of nitrogens with one attached hydrogen (secondary N) is 3. The lowest BCUT2D eigenvalue weighted by Gasteiger charge is -2.44. The molecule has 4 aromatic rings. The van der Waals surface area contributed by atoms with Crippen molar-refractivity contribution in [2.24, 2.45) is 0 Å². The lowest BCUT2D eigenvalue weighted by atomic mass is 10.00. The summed E-state index contributed by atoms with van der Waals surface area (Å²) in [5, 5.41) is 10.7. The van der Waals surface area contributed by atoms with Crippen LogP contribution in [0, 0.1) is 0 Å². The van der Waals surface area contributed by atoms with Crippen LogP contribution in [-0.4, -0.2) is 79.4 Å². The highest BCUT2D eigenvalue weighted by molar-refractivity contribution is 6.99. The number of ketones is 1. The van der Waals surface area contributed by atoms with Crippen LogP contribution in [0.15, 0.2) is 133 Å². The van der Waals surface area contributed by atoms with Gasteiger partial charge in [-0.15, -0.1) is 0 Å². The molecule has 4 aromatic carbocycles. The van der Waals surface area contributed by atoms with Crippen molar-refractivity contribution in [1.29, 1.82) is 0 Å². The number of amides is 4. The number of hydrogen-bond acceptors (Lipinski definition) is 6. The number of allylic oxidation sites excluding steroid dienone is 1. The van der Waals surface area contributed by atoms with E-state index in [1.54, 1.807) is 24.0 Å². The fourth-order valence-corrected chi connectivity index (χ4v) is 13.1. The summed E-state index contributed by atoms with van der Waals surface area (Å²) in [7, 11) is -2.95. The van der Waals surface area contributed by atoms with Crippen LogP contribution in [0.2, 0.25) is 5.04 Å². The molecule has 60 heavy (non-hydrogen) atoms. The maximum absolute atomic E-state index is 14.2. The third-order valence-corrected chi connectivity index (χ3v) is 16.7. The van der Waals surface area contributed by atoms with Gasteiger partial charge in [0.2, 0.25) is 23.6 Å². The molecule has 2 heterocycles.